The van der Waals surface area contributed by atoms with Gasteiger partial charge >= 0.3 is 0 Å². The van der Waals surface area contributed by atoms with Gasteiger partial charge in [0.2, 0.25) is 0 Å². The Hall–Kier alpha value is -1.51. The van der Waals surface area contributed by atoms with E-state index in [1.165, 1.54) is 0 Å². The fourth-order valence-electron chi connectivity index (χ4n) is 1.45. The van der Waals surface area contributed by atoms with E-state index in [-0.39, 0.29) is 6.61 Å². The minimum absolute atomic E-state index is 0.0517. The first-order chi connectivity index (χ1) is 7.78. The van der Waals surface area contributed by atoms with Crippen LogP contribution in [-0.2, 0) is 6.61 Å². The van der Waals surface area contributed by atoms with Gasteiger partial charge in [0.25, 0.3) is 0 Å². The highest BCUT2D eigenvalue weighted by Crippen LogP contribution is 2.19. The maximum Gasteiger partial charge on any atom is 0.0682 e. The summed E-state index contributed by atoms with van der Waals surface area (Å²) in [6.45, 7) is 0.0517. The van der Waals surface area contributed by atoms with E-state index in [4.69, 9.17) is 16.7 Å². The molecule has 0 aliphatic rings. The topological polar surface area (TPSA) is 32.3 Å². The Kier molecular flexibility index (Phi) is 3.44. The summed E-state index contributed by atoms with van der Waals surface area (Å²) < 4.78 is 0. The molecule has 2 aromatic carbocycles. The zero-order valence-corrected chi connectivity index (χ0v) is 9.41. The number of benzene rings is 2. The van der Waals surface area contributed by atoms with Crippen molar-refractivity contribution in [3.8, 4) is 0 Å². The van der Waals surface area contributed by atoms with E-state index in [9.17, 15) is 0 Å². The lowest BCUT2D eigenvalue weighted by Gasteiger charge is -2.07. The average Bonchev–Trinajstić information content (AvgIpc) is 2.32. The monoisotopic (exact) mass is 233 g/mol. The summed E-state index contributed by atoms with van der Waals surface area (Å²) in [5, 5.41) is 13.0. The number of nitrogens with one attached hydrogen (secondary N) is 1. The molecule has 2 rings (SSSR count). The molecule has 0 bridgehead atoms. The van der Waals surface area contributed by atoms with Crippen LogP contribution in [-0.4, -0.2) is 5.11 Å². The number of anilines is 2. The Balaban J connectivity index is 2.16. The molecule has 0 heterocycles. The Labute approximate surface area is 99.5 Å². The van der Waals surface area contributed by atoms with Crippen molar-refractivity contribution in [2.45, 2.75) is 6.61 Å². The maximum absolute atomic E-state index is 9.02. The van der Waals surface area contributed by atoms with E-state index in [1.54, 1.807) is 0 Å². The molecule has 2 aromatic rings. The highest BCUT2D eigenvalue weighted by Gasteiger charge is 1.96. The molecule has 0 radical (unpaired) electrons. The van der Waals surface area contributed by atoms with Crippen LogP contribution in [0.5, 0.6) is 0 Å². The second-order valence-electron chi connectivity index (χ2n) is 3.49. The zero-order valence-electron chi connectivity index (χ0n) is 8.65. The van der Waals surface area contributed by atoms with Crippen molar-refractivity contribution in [1.82, 2.24) is 0 Å². The maximum atomic E-state index is 9.02. The van der Waals surface area contributed by atoms with Crippen molar-refractivity contribution < 1.29 is 5.11 Å². The average molecular weight is 234 g/mol. The molecular formula is C13H12ClNO. The number of rotatable bonds is 3. The van der Waals surface area contributed by atoms with Gasteiger partial charge < -0.3 is 10.4 Å². The quantitative estimate of drug-likeness (QED) is 0.850. The van der Waals surface area contributed by atoms with Gasteiger partial charge in [0.15, 0.2) is 0 Å². The van der Waals surface area contributed by atoms with Crippen LogP contribution < -0.4 is 5.32 Å². The molecule has 0 atom stereocenters. The Morgan fingerprint density at radius 3 is 2.44 bits per heavy atom. The second kappa shape index (κ2) is 5.01. The second-order valence-corrected chi connectivity index (χ2v) is 3.93. The van der Waals surface area contributed by atoms with Crippen LogP contribution in [0.15, 0.2) is 48.5 Å². The third-order valence-electron chi connectivity index (χ3n) is 2.24. The standard InChI is InChI=1S/C13H12ClNO/c14-11-4-6-12(7-5-11)15-13-3-1-2-10(8-13)9-16/h1-8,15-16H,9H2. The zero-order chi connectivity index (χ0) is 11.4. The largest absolute Gasteiger partial charge is 0.392 e. The summed E-state index contributed by atoms with van der Waals surface area (Å²) >= 11 is 5.80. The fraction of sp³-hybridized carbons (Fsp3) is 0.0769. The molecule has 2 nitrogen and oxygen atoms in total. The summed E-state index contributed by atoms with van der Waals surface area (Å²) in [6, 6.07) is 15.1. The molecule has 0 aliphatic heterocycles. The molecule has 2 N–H and O–H groups in total. The minimum atomic E-state index is 0.0517. The normalized spacial score (nSPS) is 10.1. The van der Waals surface area contributed by atoms with E-state index in [2.05, 4.69) is 5.32 Å². The van der Waals surface area contributed by atoms with Crippen molar-refractivity contribution >= 4 is 23.0 Å². The van der Waals surface area contributed by atoms with Crippen LogP contribution in [0.3, 0.4) is 0 Å². The van der Waals surface area contributed by atoms with Crippen LogP contribution in [0.2, 0.25) is 5.02 Å². The van der Waals surface area contributed by atoms with Gasteiger partial charge in [-0.3, -0.25) is 0 Å². The number of halogens is 1. The van der Waals surface area contributed by atoms with Crippen LogP contribution in [0, 0.1) is 0 Å². The molecule has 0 spiro atoms. The van der Waals surface area contributed by atoms with E-state index in [1.807, 2.05) is 48.5 Å². The summed E-state index contributed by atoms with van der Waals surface area (Å²) in [6.07, 6.45) is 0. The van der Waals surface area contributed by atoms with Crippen molar-refractivity contribution in [3.63, 3.8) is 0 Å². The lowest BCUT2D eigenvalue weighted by molar-refractivity contribution is 0.282. The van der Waals surface area contributed by atoms with Gasteiger partial charge in [0, 0.05) is 16.4 Å². The van der Waals surface area contributed by atoms with Gasteiger partial charge in [-0.15, -0.1) is 0 Å². The summed E-state index contributed by atoms with van der Waals surface area (Å²) in [7, 11) is 0. The van der Waals surface area contributed by atoms with Crippen LogP contribution in [0.25, 0.3) is 0 Å². The molecule has 0 aromatic heterocycles. The predicted octanol–water partition coefficient (Wildman–Crippen LogP) is 3.58. The Morgan fingerprint density at radius 2 is 1.75 bits per heavy atom. The first-order valence-electron chi connectivity index (χ1n) is 5.00. The number of aliphatic hydroxyl groups excluding tert-OH is 1. The number of hydrogen-bond donors (Lipinski definition) is 2. The van der Waals surface area contributed by atoms with Gasteiger partial charge in [0.05, 0.1) is 6.61 Å². The molecule has 82 valence electrons. The molecule has 0 aliphatic carbocycles. The first-order valence-corrected chi connectivity index (χ1v) is 5.38. The van der Waals surface area contributed by atoms with Gasteiger partial charge in [-0.1, -0.05) is 23.7 Å². The third-order valence-corrected chi connectivity index (χ3v) is 2.49. The van der Waals surface area contributed by atoms with Crippen molar-refractivity contribution in [3.05, 3.63) is 59.1 Å². The molecule has 0 amide bonds. The summed E-state index contributed by atoms with van der Waals surface area (Å²) in [5.74, 6) is 0. The lowest BCUT2D eigenvalue weighted by Crippen LogP contribution is -1.91. The highest BCUT2D eigenvalue weighted by molar-refractivity contribution is 6.30. The van der Waals surface area contributed by atoms with Crippen molar-refractivity contribution in [2.24, 2.45) is 0 Å². The van der Waals surface area contributed by atoms with E-state index in [0.29, 0.717) is 0 Å². The SMILES string of the molecule is OCc1cccc(Nc2ccc(Cl)cc2)c1. The lowest BCUT2D eigenvalue weighted by atomic mass is 10.2. The molecule has 0 unspecified atom stereocenters. The molecule has 16 heavy (non-hydrogen) atoms. The number of hydrogen-bond acceptors (Lipinski definition) is 2. The molecule has 3 heteroatoms. The van der Waals surface area contributed by atoms with Crippen LogP contribution in [0.4, 0.5) is 11.4 Å². The molecule has 0 saturated carbocycles. The third kappa shape index (κ3) is 2.75. The highest BCUT2D eigenvalue weighted by atomic mass is 35.5. The van der Waals surface area contributed by atoms with E-state index in [0.717, 1.165) is 22.0 Å². The molecular weight excluding hydrogens is 222 g/mol. The van der Waals surface area contributed by atoms with Crippen molar-refractivity contribution in [2.75, 3.05) is 5.32 Å². The summed E-state index contributed by atoms with van der Waals surface area (Å²) in [4.78, 5) is 0. The summed E-state index contributed by atoms with van der Waals surface area (Å²) in [5.41, 5.74) is 2.81. The van der Waals surface area contributed by atoms with Gasteiger partial charge in [-0.05, 0) is 42.0 Å². The molecule has 0 fully saturated rings. The minimum Gasteiger partial charge on any atom is -0.392 e. The number of aliphatic hydroxyl groups is 1. The van der Waals surface area contributed by atoms with Gasteiger partial charge in [0.1, 0.15) is 0 Å². The van der Waals surface area contributed by atoms with E-state index >= 15 is 0 Å². The smallest absolute Gasteiger partial charge is 0.0682 e. The van der Waals surface area contributed by atoms with Gasteiger partial charge in [-0.2, -0.15) is 0 Å². The van der Waals surface area contributed by atoms with Crippen LogP contribution in [0.1, 0.15) is 5.56 Å². The van der Waals surface area contributed by atoms with Crippen LogP contribution >= 0.6 is 11.6 Å². The van der Waals surface area contributed by atoms with Gasteiger partial charge in [-0.25, -0.2) is 0 Å². The van der Waals surface area contributed by atoms with Crippen molar-refractivity contribution in [1.29, 1.82) is 0 Å². The predicted molar refractivity (Wildman–Crippen MR) is 67.1 cm³/mol. The van der Waals surface area contributed by atoms with E-state index < -0.39 is 0 Å². The molecule has 0 saturated heterocycles. The Bertz CT molecular complexity index is 468. The fourth-order valence-corrected chi connectivity index (χ4v) is 1.57. The first kappa shape index (κ1) is 11.0. The Morgan fingerprint density at radius 1 is 1.00 bits per heavy atom.